The van der Waals surface area contributed by atoms with Gasteiger partial charge in [0.15, 0.2) is 11.9 Å². The summed E-state index contributed by atoms with van der Waals surface area (Å²) < 4.78 is 4.89. The number of thioether (sulfide) groups is 1. The summed E-state index contributed by atoms with van der Waals surface area (Å²) in [6.45, 7) is 1.30. The van der Waals surface area contributed by atoms with Crippen molar-refractivity contribution in [3.05, 3.63) is 22.8 Å². The van der Waals surface area contributed by atoms with Gasteiger partial charge in [-0.1, -0.05) is 11.8 Å². The highest BCUT2D eigenvalue weighted by Crippen LogP contribution is 2.19. The van der Waals surface area contributed by atoms with Gasteiger partial charge in [-0.05, 0) is 6.92 Å². The number of hydrogen-bond acceptors (Lipinski definition) is 5. The van der Waals surface area contributed by atoms with E-state index in [9.17, 15) is 9.90 Å². The van der Waals surface area contributed by atoms with Gasteiger partial charge in [-0.15, -0.1) is 0 Å². The number of rotatable bonds is 3. The van der Waals surface area contributed by atoms with E-state index in [-0.39, 0.29) is 5.76 Å². The zero-order chi connectivity index (χ0) is 9.84. The minimum absolute atomic E-state index is 0.151. The lowest BCUT2D eigenvalue weighted by Crippen LogP contribution is -2.32. The molecule has 0 aromatic carbocycles. The molecule has 0 saturated carbocycles. The number of Topliss-reactive ketones (excluding diaryl/α,β-unsaturated/α-hetero) is 1. The molecule has 2 atom stereocenters. The standard InChI is InChI=1S/C8H10O4S/c1-5(9)7(10)8(11)6-4-13-3-2-12-6/h2-5,8-9,11H,1H3. The van der Waals surface area contributed by atoms with Gasteiger partial charge in [0, 0.05) is 10.8 Å². The summed E-state index contributed by atoms with van der Waals surface area (Å²) >= 11 is 1.30. The average molecular weight is 202 g/mol. The second kappa shape index (κ2) is 4.45. The Bertz CT molecular complexity index is 257. The van der Waals surface area contributed by atoms with E-state index >= 15 is 0 Å². The Morgan fingerprint density at radius 2 is 2.31 bits per heavy atom. The Kier molecular flexibility index (Phi) is 3.53. The minimum Gasteiger partial charge on any atom is -0.465 e. The Hall–Kier alpha value is -0.780. The van der Waals surface area contributed by atoms with Crippen LogP contribution in [-0.2, 0) is 9.53 Å². The minimum atomic E-state index is -1.38. The van der Waals surface area contributed by atoms with Crippen LogP contribution in [0.5, 0.6) is 0 Å². The third kappa shape index (κ3) is 2.58. The van der Waals surface area contributed by atoms with Crippen molar-refractivity contribution in [2.24, 2.45) is 0 Å². The van der Waals surface area contributed by atoms with E-state index in [0.717, 1.165) is 0 Å². The molecule has 1 heterocycles. The Morgan fingerprint density at radius 3 is 2.77 bits per heavy atom. The number of aliphatic hydroxyl groups excluding tert-OH is 2. The van der Waals surface area contributed by atoms with Crippen LogP contribution in [0.3, 0.4) is 0 Å². The van der Waals surface area contributed by atoms with Crippen LogP contribution in [0.1, 0.15) is 6.92 Å². The van der Waals surface area contributed by atoms with Gasteiger partial charge in [0.05, 0.1) is 6.26 Å². The summed E-state index contributed by atoms with van der Waals surface area (Å²) in [5.41, 5.74) is 0. The van der Waals surface area contributed by atoms with Crippen LogP contribution in [-0.4, -0.2) is 28.2 Å². The lowest BCUT2D eigenvalue weighted by molar-refractivity contribution is -0.134. The molecule has 0 bridgehead atoms. The molecule has 0 amide bonds. The van der Waals surface area contributed by atoms with Gasteiger partial charge in [-0.25, -0.2) is 0 Å². The highest BCUT2D eigenvalue weighted by molar-refractivity contribution is 8.04. The van der Waals surface area contributed by atoms with Crippen molar-refractivity contribution in [1.82, 2.24) is 0 Å². The van der Waals surface area contributed by atoms with Gasteiger partial charge in [0.2, 0.25) is 0 Å². The fraction of sp³-hybridized carbons (Fsp3) is 0.375. The van der Waals surface area contributed by atoms with Crippen LogP contribution in [0.15, 0.2) is 22.8 Å². The number of carbonyl (C=O) groups excluding carboxylic acids is 1. The van der Waals surface area contributed by atoms with E-state index in [0.29, 0.717) is 0 Å². The van der Waals surface area contributed by atoms with Gasteiger partial charge in [-0.2, -0.15) is 0 Å². The molecular formula is C8H10O4S. The van der Waals surface area contributed by atoms with Crippen LogP contribution in [0.25, 0.3) is 0 Å². The molecule has 2 unspecified atom stereocenters. The maximum absolute atomic E-state index is 11.1. The molecule has 1 rings (SSSR count). The summed E-state index contributed by atoms with van der Waals surface area (Å²) in [7, 11) is 0. The monoisotopic (exact) mass is 202 g/mol. The van der Waals surface area contributed by atoms with Crippen molar-refractivity contribution >= 4 is 17.5 Å². The Labute approximate surface area is 79.9 Å². The van der Waals surface area contributed by atoms with E-state index in [1.165, 1.54) is 30.4 Å². The van der Waals surface area contributed by atoms with Gasteiger partial charge in [0.1, 0.15) is 11.9 Å². The number of hydrogen-bond donors (Lipinski definition) is 2. The van der Waals surface area contributed by atoms with Crippen molar-refractivity contribution < 1.29 is 19.7 Å². The van der Waals surface area contributed by atoms with Crippen LogP contribution >= 0.6 is 11.8 Å². The van der Waals surface area contributed by atoms with E-state index in [2.05, 4.69) is 0 Å². The largest absolute Gasteiger partial charge is 0.465 e. The van der Waals surface area contributed by atoms with Gasteiger partial charge in [-0.3, -0.25) is 4.79 Å². The molecule has 72 valence electrons. The first kappa shape index (κ1) is 10.3. The third-order valence-corrected chi connectivity index (χ3v) is 2.11. The second-order valence-corrected chi connectivity index (χ2v) is 3.31. The van der Waals surface area contributed by atoms with E-state index < -0.39 is 18.0 Å². The number of ketones is 1. The number of ether oxygens (including phenoxy) is 1. The molecule has 0 radical (unpaired) electrons. The van der Waals surface area contributed by atoms with E-state index in [1.807, 2.05) is 0 Å². The van der Waals surface area contributed by atoms with Crippen LogP contribution in [0, 0.1) is 0 Å². The van der Waals surface area contributed by atoms with Crippen molar-refractivity contribution in [1.29, 1.82) is 0 Å². The fourth-order valence-electron chi connectivity index (χ4n) is 0.770. The molecular weight excluding hydrogens is 192 g/mol. The predicted octanol–water partition coefficient (Wildman–Crippen LogP) is 0.373. The molecule has 4 nitrogen and oxygen atoms in total. The predicted molar refractivity (Wildman–Crippen MR) is 48.6 cm³/mol. The van der Waals surface area contributed by atoms with Crippen LogP contribution < -0.4 is 0 Å². The first-order chi connectivity index (χ1) is 6.13. The highest BCUT2D eigenvalue weighted by Gasteiger charge is 2.25. The smallest absolute Gasteiger partial charge is 0.197 e. The van der Waals surface area contributed by atoms with Crippen molar-refractivity contribution in [2.45, 2.75) is 19.1 Å². The van der Waals surface area contributed by atoms with Gasteiger partial charge in [0.25, 0.3) is 0 Å². The van der Waals surface area contributed by atoms with Gasteiger partial charge >= 0.3 is 0 Å². The molecule has 0 aliphatic carbocycles. The molecule has 13 heavy (non-hydrogen) atoms. The lowest BCUT2D eigenvalue weighted by Gasteiger charge is -2.15. The maximum atomic E-state index is 11.1. The van der Waals surface area contributed by atoms with E-state index in [4.69, 9.17) is 9.84 Å². The fourth-order valence-corrected chi connectivity index (χ4v) is 1.29. The third-order valence-electron chi connectivity index (χ3n) is 1.47. The molecule has 0 aromatic rings. The number of aliphatic hydroxyl groups is 2. The highest BCUT2D eigenvalue weighted by atomic mass is 32.2. The average Bonchev–Trinajstić information content (AvgIpc) is 2.17. The summed E-state index contributed by atoms with van der Waals surface area (Å²) in [5.74, 6) is -0.513. The van der Waals surface area contributed by atoms with Crippen LogP contribution in [0.4, 0.5) is 0 Å². The topological polar surface area (TPSA) is 66.8 Å². The summed E-state index contributed by atoms with van der Waals surface area (Å²) in [6, 6.07) is 0. The van der Waals surface area contributed by atoms with Crippen molar-refractivity contribution in [3.8, 4) is 0 Å². The normalized spacial score (nSPS) is 20.1. The first-order valence-corrected chi connectivity index (χ1v) is 4.64. The molecule has 0 saturated heterocycles. The maximum Gasteiger partial charge on any atom is 0.197 e. The molecule has 1 aliphatic rings. The molecule has 0 fully saturated rings. The summed E-state index contributed by atoms with van der Waals surface area (Å²) in [6.07, 6.45) is -1.19. The zero-order valence-electron chi connectivity index (χ0n) is 7.01. The summed E-state index contributed by atoms with van der Waals surface area (Å²) in [4.78, 5) is 11.1. The zero-order valence-corrected chi connectivity index (χ0v) is 7.82. The molecule has 2 N–H and O–H groups in total. The van der Waals surface area contributed by atoms with Crippen molar-refractivity contribution in [3.63, 3.8) is 0 Å². The van der Waals surface area contributed by atoms with Crippen LogP contribution in [0.2, 0.25) is 0 Å². The SMILES string of the molecule is CC(O)C(=O)C(O)C1=CSC=CO1. The molecule has 0 aromatic heterocycles. The molecule has 1 aliphatic heterocycles. The van der Waals surface area contributed by atoms with Crippen molar-refractivity contribution in [2.75, 3.05) is 0 Å². The summed E-state index contributed by atoms with van der Waals surface area (Å²) in [5, 5.41) is 21.5. The Balaban J connectivity index is 2.61. The van der Waals surface area contributed by atoms with E-state index in [1.54, 1.807) is 5.41 Å². The van der Waals surface area contributed by atoms with Gasteiger partial charge < -0.3 is 14.9 Å². The number of carbonyl (C=O) groups is 1. The Morgan fingerprint density at radius 1 is 1.62 bits per heavy atom. The quantitative estimate of drug-likeness (QED) is 0.692. The molecule has 0 spiro atoms. The second-order valence-electron chi connectivity index (χ2n) is 2.53. The molecule has 5 heteroatoms. The lowest BCUT2D eigenvalue weighted by atomic mass is 10.1. The first-order valence-electron chi connectivity index (χ1n) is 3.70.